The number of hydrogen-bond acceptors (Lipinski definition) is 10. The van der Waals surface area contributed by atoms with Crippen molar-refractivity contribution >= 4 is 34.6 Å². The summed E-state index contributed by atoms with van der Waals surface area (Å²) in [5, 5.41) is 4.27. The Morgan fingerprint density at radius 1 is 0.791 bits per heavy atom. The average molecular weight is 587 g/mol. The Hall–Kier alpha value is -4.54. The van der Waals surface area contributed by atoms with E-state index >= 15 is 0 Å². The first-order valence-corrected chi connectivity index (χ1v) is 14.2. The number of rotatable bonds is 13. The lowest BCUT2D eigenvalue weighted by molar-refractivity contribution is 0.0357. The van der Waals surface area contributed by atoms with Crippen LogP contribution in [0.3, 0.4) is 0 Å². The molecule has 5 rings (SSSR count). The van der Waals surface area contributed by atoms with E-state index in [0.717, 1.165) is 67.0 Å². The van der Waals surface area contributed by atoms with Gasteiger partial charge in [0.05, 0.1) is 53.8 Å². The Morgan fingerprint density at radius 2 is 1.49 bits per heavy atom. The van der Waals surface area contributed by atoms with Crippen LogP contribution in [0, 0.1) is 0 Å². The van der Waals surface area contributed by atoms with E-state index in [1.807, 2.05) is 60.7 Å². The molecule has 1 fully saturated rings. The van der Waals surface area contributed by atoms with Gasteiger partial charge in [0.25, 0.3) is 0 Å². The number of morpholine rings is 1. The first-order valence-electron chi connectivity index (χ1n) is 14.2. The van der Waals surface area contributed by atoms with Gasteiger partial charge in [-0.05, 0) is 47.9 Å². The van der Waals surface area contributed by atoms with Crippen molar-refractivity contribution in [3.63, 3.8) is 0 Å². The molecule has 0 unspecified atom stereocenters. The van der Waals surface area contributed by atoms with E-state index in [1.165, 1.54) is 0 Å². The Labute approximate surface area is 252 Å². The predicted molar refractivity (Wildman–Crippen MR) is 168 cm³/mol. The second-order valence-electron chi connectivity index (χ2n) is 9.94. The van der Waals surface area contributed by atoms with Crippen LogP contribution in [0.2, 0.25) is 0 Å². The smallest absolute Gasteiger partial charge is 0.203 e. The number of nitrogens with zero attached hydrogens (tertiary/aromatic N) is 3. The van der Waals surface area contributed by atoms with E-state index in [0.29, 0.717) is 41.2 Å². The molecule has 4 aromatic rings. The molecule has 2 heterocycles. The number of hydrogen-bond donors (Lipinski definition) is 1. The van der Waals surface area contributed by atoms with E-state index in [4.69, 9.17) is 28.4 Å². The third-order valence-electron chi connectivity index (χ3n) is 7.23. The summed E-state index contributed by atoms with van der Waals surface area (Å²) in [4.78, 5) is 11.4. The fraction of sp³-hybridized carbons (Fsp3) is 0.333. The lowest BCUT2D eigenvalue weighted by atomic mass is 10.1. The summed E-state index contributed by atoms with van der Waals surface area (Å²) in [5.41, 5.74) is 3.62. The molecule has 1 aliphatic rings. The summed E-state index contributed by atoms with van der Waals surface area (Å²) in [5.74, 6) is 3.78. The van der Waals surface area contributed by atoms with E-state index in [1.54, 1.807) is 34.8 Å². The molecule has 0 amide bonds. The summed E-state index contributed by atoms with van der Waals surface area (Å²) in [6.45, 7) is 5.09. The highest BCUT2D eigenvalue weighted by Crippen LogP contribution is 2.39. The number of ether oxygens (including phenoxy) is 6. The summed E-state index contributed by atoms with van der Waals surface area (Å²) in [6.07, 6.45) is 6.49. The molecule has 0 atom stereocenters. The maximum atomic E-state index is 6.16. The number of methoxy groups -OCH3 is 4. The van der Waals surface area contributed by atoms with Crippen molar-refractivity contribution in [1.82, 2.24) is 14.9 Å². The molecular formula is C33H38N4O6. The van der Waals surface area contributed by atoms with Crippen molar-refractivity contribution in [3.05, 3.63) is 66.0 Å². The van der Waals surface area contributed by atoms with Crippen LogP contribution in [-0.2, 0) is 4.74 Å². The van der Waals surface area contributed by atoms with Crippen LogP contribution >= 0.6 is 0 Å². The SMILES string of the molecule is COc1cc2ncnc(Nc3ccc(/C=C/c4cc(OC)c(OC)c(OC)c4)cc3)c2cc1OCCCN1CCOCC1. The van der Waals surface area contributed by atoms with Crippen LogP contribution in [0.4, 0.5) is 11.5 Å². The van der Waals surface area contributed by atoms with E-state index in [-0.39, 0.29) is 0 Å². The fourth-order valence-electron chi connectivity index (χ4n) is 4.94. The van der Waals surface area contributed by atoms with Gasteiger partial charge >= 0.3 is 0 Å². The standard InChI is InChI=1S/C33H38N4O6/c1-38-28-21-27-26(20-29(28)43-15-5-12-37-13-16-42-17-14-37)33(35-22-34-27)36-25-10-8-23(9-11-25)6-7-24-18-30(39-2)32(41-4)31(19-24)40-3/h6-11,18-22H,5,12-17H2,1-4H3,(H,34,35,36)/b7-6+. The van der Waals surface area contributed by atoms with Crippen molar-refractivity contribution in [2.45, 2.75) is 6.42 Å². The fourth-order valence-corrected chi connectivity index (χ4v) is 4.94. The zero-order chi connectivity index (χ0) is 30.0. The van der Waals surface area contributed by atoms with Gasteiger partial charge < -0.3 is 33.7 Å². The van der Waals surface area contributed by atoms with Gasteiger partial charge in [0, 0.05) is 36.8 Å². The monoisotopic (exact) mass is 586 g/mol. The van der Waals surface area contributed by atoms with Crippen LogP contribution in [0.1, 0.15) is 17.5 Å². The van der Waals surface area contributed by atoms with Gasteiger partial charge in [-0.1, -0.05) is 24.3 Å². The maximum Gasteiger partial charge on any atom is 0.203 e. The molecule has 0 spiro atoms. The number of fused-ring (bicyclic) bond motifs is 1. The molecule has 3 aromatic carbocycles. The molecule has 0 radical (unpaired) electrons. The highest BCUT2D eigenvalue weighted by Gasteiger charge is 2.14. The van der Waals surface area contributed by atoms with Gasteiger partial charge in [-0.2, -0.15) is 0 Å². The number of benzene rings is 3. The molecule has 10 heteroatoms. The van der Waals surface area contributed by atoms with Gasteiger partial charge in [0.15, 0.2) is 23.0 Å². The second-order valence-corrected chi connectivity index (χ2v) is 9.94. The van der Waals surface area contributed by atoms with Crippen LogP contribution in [0.5, 0.6) is 28.7 Å². The van der Waals surface area contributed by atoms with Crippen molar-refractivity contribution in [2.75, 3.05) is 73.2 Å². The van der Waals surface area contributed by atoms with Crippen LogP contribution in [0.25, 0.3) is 23.1 Å². The molecule has 1 aliphatic heterocycles. The Morgan fingerprint density at radius 3 is 2.16 bits per heavy atom. The third kappa shape index (κ3) is 7.46. The molecule has 1 saturated heterocycles. The van der Waals surface area contributed by atoms with E-state index in [2.05, 4.69) is 20.2 Å². The molecular weight excluding hydrogens is 548 g/mol. The first kappa shape index (κ1) is 29.9. The topological polar surface area (TPSA) is 96.4 Å². The van der Waals surface area contributed by atoms with Crippen molar-refractivity contribution in [2.24, 2.45) is 0 Å². The Bertz CT molecular complexity index is 1510. The summed E-state index contributed by atoms with van der Waals surface area (Å²) in [6, 6.07) is 15.7. The minimum absolute atomic E-state index is 0.565. The lowest BCUT2D eigenvalue weighted by Crippen LogP contribution is -2.37. The number of nitrogens with one attached hydrogen (secondary N) is 1. The Balaban J connectivity index is 1.28. The van der Waals surface area contributed by atoms with Crippen LogP contribution in [0.15, 0.2) is 54.9 Å². The molecule has 43 heavy (non-hydrogen) atoms. The van der Waals surface area contributed by atoms with Gasteiger partial charge in [0.1, 0.15) is 12.1 Å². The molecule has 0 aliphatic carbocycles. The second kappa shape index (κ2) is 14.6. The summed E-state index contributed by atoms with van der Waals surface area (Å²) >= 11 is 0. The average Bonchev–Trinajstić information content (AvgIpc) is 3.06. The highest BCUT2D eigenvalue weighted by atomic mass is 16.5. The van der Waals surface area contributed by atoms with Gasteiger partial charge in [-0.25, -0.2) is 9.97 Å². The number of anilines is 2. The zero-order valence-electron chi connectivity index (χ0n) is 25.1. The largest absolute Gasteiger partial charge is 0.493 e. The highest BCUT2D eigenvalue weighted by molar-refractivity contribution is 5.93. The lowest BCUT2D eigenvalue weighted by Gasteiger charge is -2.26. The zero-order valence-corrected chi connectivity index (χ0v) is 25.1. The molecule has 1 aromatic heterocycles. The molecule has 1 N–H and O–H groups in total. The molecule has 0 bridgehead atoms. The van der Waals surface area contributed by atoms with Gasteiger partial charge in [-0.15, -0.1) is 0 Å². The Kier molecular flexibility index (Phi) is 10.1. The van der Waals surface area contributed by atoms with E-state index in [9.17, 15) is 0 Å². The van der Waals surface area contributed by atoms with Crippen molar-refractivity contribution < 1.29 is 28.4 Å². The van der Waals surface area contributed by atoms with Crippen LogP contribution < -0.4 is 29.0 Å². The third-order valence-corrected chi connectivity index (χ3v) is 7.23. The summed E-state index contributed by atoms with van der Waals surface area (Å²) in [7, 11) is 6.44. The molecule has 226 valence electrons. The van der Waals surface area contributed by atoms with Crippen LogP contribution in [-0.4, -0.2) is 82.8 Å². The maximum absolute atomic E-state index is 6.16. The molecule has 10 nitrogen and oxygen atoms in total. The summed E-state index contributed by atoms with van der Waals surface area (Å²) < 4.78 is 33.5. The van der Waals surface area contributed by atoms with E-state index < -0.39 is 0 Å². The quantitative estimate of drug-likeness (QED) is 0.156. The first-order chi connectivity index (χ1) is 21.1. The normalized spacial score (nSPS) is 13.7. The van der Waals surface area contributed by atoms with Crippen molar-refractivity contribution in [3.8, 4) is 28.7 Å². The van der Waals surface area contributed by atoms with Crippen molar-refractivity contribution in [1.29, 1.82) is 0 Å². The minimum atomic E-state index is 0.565. The van der Waals surface area contributed by atoms with Gasteiger partial charge in [-0.3, -0.25) is 4.90 Å². The number of aromatic nitrogens is 2. The van der Waals surface area contributed by atoms with Gasteiger partial charge in [0.2, 0.25) is 5.75 Å². The minimum Gasteiger partial charge on any atom is -0.493 e. The predicted octanol–water partition coefficient (Wildman–Crippen LogP) is 5.68. The molecule has 0 saturated carbocycles.